The van der Waals surface area contributed by atoms with E-state index in [1.807, 2.05) is 0 Å². The fourth-order valence-electron chi connectivity index (χ4n) is 0.790. The number of ether oxygens (including phenoxy) is 3. The van der Waals surface area contributed by atoms with Gasteiger partial charge in [0.1, 0.15) is 13.4 Å². The molecule has 0 aromatic heterocycles. The lowest BCUT2D eigenvalue weighted by molar-refractivity contribution is -0.0369. The molecule has 0 saturated carbocycles. The molecule has 0 aromatic rings. The van der Waals surface area contributed by atoms with Gasteiger partial charge in [0.2, 0.25) is 0 Å². The molecule has 0 radical (unpaired) electrons. The maximum Gasteiger partial charge on any atom is 0.407 e. The number of methoxy groups -OCH3 is 1. The minimum absolute atomic E-state index is 0.0300. The van der Waals surface area contributed by atoms with Gasteiger partial charge in [0.05, 0.1) is 12.6 Å². The summed E-state index contributed by atoms with van der Waals surface area (Å²) in [7, 11) is 1.55. The Bertz CT molecular complexity index is 139. The topological polar surface area (TPSA) is 56.8 Å². The van der Waals surface area contributed by atoms with Gasteiger partial charge in [-0.3, -0.25) is 0 Å². The monoisotopic (exact) mass is 161 g/mol. The van der Waals surface area contributed by atoms with E-state index in [0.29, 0.717) is 13.2 Å². The SMILES string of the molecule is COCOC[C@H]1COC(=O)N1. The van der Waals surface area contributed by atoms with Crippen LogP contribution in [0, 0.1) is 0 Å². The maximum absolute atomic E-state index is 10.5. The normalized spacial score (nSPS) is 23.0. The van der Waals surface area contributed by atoms with Gasteiger partial charge >= 0.3 is 6.09 Å². The molecule has 1 rings (SSSR count). The van der Waals surface area contributed by atoms with Gasteiger partial charge in [-0.25, -0.2) is 4.79 Å². The lowest BCUT2D eigenvalue weighted by atomic mass is 10.4. The summed E-state index contributed by atoms with van der Waals surface area (Å²) in [6.45, 7) is 1.05. The number of alkyl carbamates (subject to hydrolysis) is 1. The Kier molecular flexibility index (Phi) is 3.13. The van der Waals surface area contributed by atoms with Crippen LogP contribution < -0.4 is 5.32 Å². The van der Waals surface area contributed by atoms with Crippen molar-refractivity contribution in [3.8, 4) is 0 Å². The van der Waals surface area contributed by atoms with E-state index in [-0.39, 0.29) is 18.9 Å². The Morgan fingerprint density at radius 1 is 1.82 bits per heavy atom. The largest absolute Gasteiger partial charge is 0.447 e. The molecule has 1 amide bonds. The quantitative estimate of drug-likeness (QED) is 0.455. The third-order valence-corrected chi connectivity index (χ3v) is 1.26. The van der Waals surface area contributed by atoms with Gasteiger partial charge in [-0.2, -0.15) is 0 Å². The number of rotatable bonds is 4. The number of carbonyl (C=O) groups excluding carboxylic acids is 1. The van der Waals surface area contributed by atoms with Crippen molar-refractivity contribution in [3.05, 3.63) is 0 Å². The standard InChI is InChI=1S/C6H11NO4/c1-9-4-10-2-5-3-11-6(8)7-5/h5H,2-4H2,1H3,(H,7,8)/t5-/m0/s1. The molecule has 0 aromatic carbocycles. The lowest BCUT2D eigenvalue weighted by Crippen LogP contribution is -2.31. The highest BCUT2D eigenvalue weighted by Crippen LogP contribution is 1.97. The highest BCUT2D eigenvalue weighted by molar-refractivity contribution is 5.69. The second-order valence-electron chi connectivity index (χ2n) is 2.22. The number of nitrogens with one attached hydrogen (secondary N) is 1. The van der Waals surface area contributed by atoms with Crippen molar-refractivity contribution in [1.82, 2.24) is 5.32 Å². The van der Waals surface area contributed by atoms with Crippen LogP contribution in [0.2, 0.25) is 0 Å². The smallest absolute Gasteiger partial charge is 0.407 e. The van der Waals surface area contributed by atoms with Gasteiger partial charge < -0.3 is 19.5 Å². The molecule has 1 fully saturated rings. The number of carbonyl (C=O) groups is 1. The molecule has 1 saturated heterocycles. The van der Waals surface area contributed by atoms with Gasteiger partial charge in [-0.05, 0) is 0 Å². The molecule has 1 heterocycles. The van der Waals surface area contributed by atoms with Crippen LogP contribution in [0.25, 0.3) is 0 Å². The molecule has 1 aliphatic heterocycles. The zero-order valence-electron chi connectivity index (χ0n) is 6.33. The minimum atomic E-state index is -0.379. The molecule has 64 valence electrons. The molecular weight excluding hydrogens is 150 g/mol. The molecule has 0 spiro atoms. The van der Waals surface area contributed by atoms with Crippen molar-refractivity contribution < 1.29 is 19.0 Å². The summed E-state index contributed by atoms with van der Waals surface area (Å²) < 4.78 is 14.3. The van der Waals surface area contributed by atoms with Crippen molar-refractivity contribution in [2.45, 2.75) is 6.04 Å². The van der Waals surface area contributed by atoms with Crippen LogP contribution in [-0.2, 0) is 14.2 Å². The van der Waals surface area contributed by atoms with E-state index in [2.05, 4.69) is 14.8 Å². The van der Waals surface area contributed by atoms with Crippen LogP contribution in [0.3, 0.4) is 0 Å². The molecule has 0 bridgehead atoms. The van der Waals surface area contributed by atoms with E-state index >= 15 is 0 Å². The Morgan fingerprint density at radius 2 is 2.64 bits per heavy atom. The van der Waals surface area contributed by atoms with Crippen LogP contribution >= 0.6 is 0 Å². The van der Waals surface area contributed by atoms with Crippen LogP contribution in [0.5, 0.6) is 0 Å². The van der Waals surface area contributed by atoms with Crippen molar-refractivity contribution >= 4 is 6.09 Å². The second kappa shape index (κ2) is 4.15. The third kappa shape index (κ3) is 2.73. The third-order valence-electron chi connectivity index (χ3n) is 1.26. The summed E-state index contributed by atoms with van der Waals surface area (Å²) in [5, 5.41) is 2.57. The van der Waals surface area contributed by atoms with Crippen LogP contribution in [-0.4, -0.2) is 39.3 Å². The van der Waals surface area contributed by atoms with E-state index in [1.54, 1.807) is 7.11 Å². The van der Waals surface area contributed by atoms with E-state index in [4.69, 9.17) is 4.74 Å². The highest BCUT2D eigenvalue weighted by Gasteiger charge is 2.21. The average Bonchev–Trinajstić information content (AvgIpc) is 2.37. The molecule has 1 aliphatic rings. The summed E-state index contributed by atoms with van der Waals surface area (Å²) in [6, 6.07) is -0.0300. The number of hydrogen-bond donors (Lipinski definition) is 1. The molecule has 5 nitrogen and oxygen atoms in total. The van der Waals surface area contributed by atoms with Crippen LogP contribution in [0.1, 0.15) is 0 Å². The summed E-state index contributed by atoms with van der Waals surface area (Å²) >= 11 is 0. The first kappa shape index (κ1) is 8.29. The Hall–Kier alpha value is -0.810. The van der Waals surface area contributed by atoms with Crippen molar-refractivity contribution in [3.63, 3.8) is 0 Å². The van der Waals surface area contributed by atoms with Gasteiger partial charge in [-0.15, -0.1) is 0 Å². The summed E-state index contributed by atoms with van der Waals surface area (Å²) in [4.78, 5) is 10.5. The van der Waals surface area contributed by atoms with E-state index < -0.39 is 0 Å². The zero-order valence-corrected chi connectivity index (χ0v) is 6.33. The van der Waals surface area contributed by atoms with Crippen LogP contribution in [0.4, 0.5) is 4.79 Å². The van der Waals surface area contributed by atoms with Crippen LogP contribution in [0.15, 0.2) is 0 Å². The van der Waals surface area contributed by atoms with E-state index in [0.717, 1.165) is 0 Å². The summed E-state index contributed by atoms with van der Waals surface area (Å²) in [6.07, 6.45) is -0.379. The van der Waals surface area contributed by atoms with Gasteiger partial charge in [0.15, 0.2) is 0 Å². The molecular formula is C6H11NO4. The molecule has 5 heteroatoms. The fraction of sp³-hybridized carbons (Fsp3) is 0.833. The molecule has 0 unspecified atom stereocenters. The lowest BCUT2D eigenvalue weighted by Gasteiger charge is -2.06. The van der Waals surface area contributed by atoms with Gasteiger partial charge in [0.25, 0.3) is 0 Å². The van der Waals surface area contributed by atoms with Crippen molar-refractivity contribution in [2.24, 2.45) is 0 Å². The number of hydrogen-bond acceptors (Lipinski definition) is 4. The first-order chi connectivity index (χ1) is 5.33. The van der Waals surface area contributed by atoms with Gasteiger partial charge in [0, 0.05) is 7.11 Å². The second-order valence-corrected chi connectivity index (χ2v) is 2.22. The predicted octanol–water partition coefficient (Wildman–Crippen LogP) is -0.285. The molecule has 1 atom stereocenters. The van der Waals surface area contributed by atoms with E-state index in [9.17, 15) is 4.79 Å². The zero-order chi connectivity index (χ0) is 8.10. The summed E-state index contributed by atoms with van der Waals surface area (Å²) in [5.74, 6) is 0. The molecule has 1 N–H and O–H groups in total. The number of amides is 1. The van der Waals surface area contributed by atoms with Crippen molar-refractivity contribution in [2.75, 3.05) is 27.1 Å². The first-order valence-electron chi connectivity index (χ1n) is 3.33. The fourth-order valence-corrected chi connectivity index (χ4v) is 0.790. The molecule has 0 aliphatic carbocycles. The Balaban J connectivity index is 2.04. The molecule has 11 heavy (non-hydrogen) atoms. The highest BCUT2D eigenvalue weighted by atomic mass is 16.7. The Labute approximate surface area is 64.6 Å². The summed E-state index contributed by atoms with van der Waals surface area (Å²) in [5.41, 5.74) is 0. The first-order valence-corrected chi connectivity index (χ1v) is 3.33. The predicted molar refractivity (Wildman–Crippen MR) is 36.1 cm³/mol. The van der Waals surface area contributed by atoms with Crippen molar-refractivity contribution in [1.29, 1.82) is 0 Å². The van der Waals surface area contributed by atoms with E-state index in [1.165, 1.54) is 0 Å². The Morgan fingerprint density at radius 3 is 3.18 bits per heavy atom. The average molecular weight is 161 g/mol. The minimum Gasteiger partial charge on any atom is -0.447 e. The number of cyclic esters (lactones) is 1. The maximum atomic E-state index is 10.5. The van der Waals surface area contributed by atoms with Gasteiger partial charge in [-0.1, -0.05) is 0 Å².